The van der Waals surface area contributed by atoms with E-state index in [1.54, 1.807) is 6.07 Å². The Balaban J connectivity index is 1.96. The molecule has 0 fully saturated rings. The highest BCUT2D eigenvalue weighted by Crippen LogP contribution is 2.30. The molecule has 1 aliphatic heterocycles. The van der Waals surface area contributed by atoms with Crippen molar-refractivity contribution in [3.8, 4) is 6.07 Å². The summed E-state index contributed by atoms with van der Waals surface area (Å²) in [7, 11) is 0. The van der Waals surface area contributed by atoms with Crippen LogP contribution in [-0.2, 0) is 13.0 Å². The Morgan fingerprint density at radius 3 is 3.06 bits per heavy atom. The van der Waals surface area contributed by atoms with Crippen molar-refractivity contribution in [2.75, 3.05) is 11.4 Å². The molecule has 0 amide bonds. The van der Waals surface area contributed by atoms with E-state index in [-0.39, 0.29) is 0 Å². The van der Waals surface area contributed by atoms with Gasteiger partial charge in [0.25, 0.3) is 0 Å². The van der Waals surface area contributed by atoms with Crippen molar-refractivity contribution in [3.63, 3.8) is 0 Å². The van der Waals surface area contributed by atoms with Crippen molar-refractivity contribution in [2.45, 2.75) is 13.0 Å². The molecule has 2 aromatic rings. The molecule has 0 unspecified atom stereocenters. The van der Waals surface area contributed by atoms with Gasteiger partial charge in [-0.25, -0.2) is 0 Å². The van der Waals surface area contributed by atoms with Gasteiger partial charge in [-0.05, 0) is 41.6 Å². The molecular weight excluding hydrogens is 264 g/mol. The van der Waals surface area contributed by atoms with Gasteiger partial charge < -0.3 is 4.90 Å². The van der Waals surface area contributed by atoms with Gasteiger partial charge in [-0.15, -0.1) is 11.3 Å². The maximum absolute atomic E-state index is 9.20. The molecule has 2 nitrogen and oxygen atoms in total. The third-order valence-corrected chi connectivity index (χ3v) is 4.49. The molecule has 3 rings (SSSR count). The first kappa shape index (κ1) is 11.6. The van der Waals surface area contributed by atoms with Crippen LogP contribution in [0.5, 0.6) is 0 Å². The van der Waals surface area contributed by atoms with Crippen molar-refractivity contribution < 1.29 is 0 Å². The summed E-state index contributed by atoms with van der Waals surface area (Å²) in [4.78, 5) is 3.72. The predicted molar refractivity (Wildman–Crippen MR) is 75.2 cm³/mol. The van der Waals surface area contributed by atoms with E-state index in [0.29, 0.717) is 10.6 Å². The zero-order valence-electron chi connectivity index (χ0n) is 9.69. The van der Waals surface area contributed by atoms with Crippen LogP contribution in [0.4, 0.5) is 5.69 Å². The molecule has 1 aromatic carbocycles. The summed E-state index contributed by atoms with van der Waals surface area (Å²) in [5, 5.41) is 12.0. The first-order valence-electron chi connectivity index (χ1n) is 5.78. The Morgan fingerprint density at radius 1 is 1.33 bits per heavy atom. The quantitative estimate of drug-likeness (QED) is 0.790. The van der Waals surface area contributed by atoms with Gasteiger partial charge in [-0.2, -0.15) is 5.26 Å². The Hall–Kier alpha value is -1.50. The molecule has 2 heterocycles. The Kier molecular flexibility index (Phi) is 2.99. The van der Waals surface area contributed by atoms with Gasteiger partial charge in [0.2, 0.25) is 0 Å². The molecular formula is C14H11ClN2S. The summed E-state index contributed by atoms with van der Waals surface area (Å²) in [6, 6.07) is 9.93. The van der Waals surface area contributed by atoms with Crippen molar-refractivity contribution in [1.29, 1.82) is 5.26 Å². The average Bonchev–Trinajstić information content (AvgIpc) is 2.85. The van der Waals surface area contributed by atoms with Crippen molar-refractivity contribution in [3.05, 3.63) is 50.7 Å². The molecule has 90 valence electrons. The average molecular weight is 275 g/mol. The SMILES string of the molecule is N#Cc1cc(Cl)ccc1N1CCc2sccc2C1. The zero-order chi connectivity index (χ0) is 12.5. The zero-order valence-corrected chi connectivity index (χ0v) is 11.3. The molecule has 0 spiro atoms. The third kappa shape index (κ3) is 1.98. The molecule has 0 atom stereocenters. The fraction of sp³-hybridized carbons (Fsp3) is 0.214. The van der Waals surface area contributed by atoms with E-state index in [9.17, 15) is 5.26 Å². The van der Waals surface area contributed by atoms with Gasteiger partial charge in [0, 0.05) is 23.0 Å². The highest BCUT2D eigenvalue weighted by atomic mass is 35.5. The third-order valence-electron chi connectivity index (χ3n) is 3.23. The second-order valence-electron chi connectivity index (χ2n) is 4.31. The minimum Gasteiger partial charge on any atom is -0.366 e. The number of rotatable bonds is 1. The normalized spacial score (nSPS) is 14.1. The fourth-order valence-corrected chi connectivity index (χ4v) is 3.39. The molecule has 0 saturated carbocycles. The minimum absolute atomic E-state index is 0.614. The number of hydrogen-bond acceptors (Lipinski definition) is 3. The van der Waals surface area contributed by atoms with Crippen molar-refractivity contribution in [2.24, 2.45) is 0 Å². The molecule has 4 heteroatoms. The van der Waals surface area contributed by atoms with Gasteiger partial charge in [0.05, 0.1) is 11.3 Å². The van der Waals surface area contributed by atoms with E-state index >= 15 is 0 Å². The van der Waals surface area contributed by atoms with Gasteiger partial charge >= 0.3 is 0 Å². The van der Waals surface area contributed by atoms with E-state index < -0.39 is 0 Å². The van der Waals surface area contributed by atoms with Crippen molar-refractivity contribution >= 4 is 28.6 Å². The van der Waals surface area contributed by atoms with Crippen molar-refractivity contribution in [1.82, 2.24) is 0 Å². The Bertz CT molecular complexity index is 627. The highest BCUT2D eigenvalue weighted by molar-refractivity contribution is 7.10. The van der Waals surface area contributed by atoms with Crippen LogP contribution in [0.2, 0.25) is 5.02 Å². The van der Waals surface area contributed by atoms with Crippen LogP contribution in [-0.4, -0.2) is 6.54 Å². The number of nitrogens with zero attached hydrogens (tertiary/aromatic N) is 2. The molecule has 1 aliphatic rings. The van der Waals surface area contributed by atoms with Crippen LogP contribution in [0.1, 0.15) is 16.0 Å². The summed E-state index contributed by atoms with van der Waals surface area (Å²) in [5.41, 5.74) is 3.02. The fourth-order valence-electron chi connectivity index (χ4n) is 2.33. The van der Waals surface area contributed by atoms with E-state index in [2.05, 4.69) is 22.4 Å². The number of halogens is 1. The van der Waals surface area contributed by atoms with E-state index in [1.807, 2.05) is 23.5 Å². The summed E-state index contributed by atoms with van der Waals surface area (Å²) in [5.74, 6) is 0. The molecule has 18 heavy (non-hydrogen) atoms. The first-order chi connectivity index (χ1) is 8.78. The van der Waals surface area contributed by atoms with Crippen LogP contribution in [0.15, 0.2) is 29.6 Å². The molecule has 0 N–H and O–H groups in total. The monoisotopic (exact) mass is 274 g/mol. The number of anilines is 1. The maximum Gasteiger partial charge on any atom is 0.101 e. The summed E-state index contributed by atoms with van der Waals surface area (Å²) < 4.78 is 0. The number of nitriles is 1. The van der Waals surface area contributed by atoms with E-state index in [1.165, 1.54) is 10.4 Å². The lowest BCUT2D eigenvalue weighted by molar-refractivity contribution is 0.743. The predicted octanol–water partition coefficient (Wildman–Crippen LogP) is 3.84. The van der Waals surface area contributed by atoms with Crippen LogP contribution in [0.25, 0.3) is 0 Å². The van der Waals surface area contributed by atoms with Gasteiger partial charge in [0.1, 0.15) is 6.07 Å². The van der Waals surface area contributed by atoms with Crippen LogP contribution in [0, 0.1) is 11.3 Å². The Labute approximate surface area is 115 Å². The Morgan fingerprint density at radius 2 is 2.22 bits per heavy atom. The number of hydrogen-bond donors (Lipinski definition) is 0. The van der Waals surface area contributed by atoms with Gasteiger partial charge in [-0.3, -0.25) is 0 Å². The van der Waals surface area contributed by atoms with Gasteiger partial charge in [-0.1, -0.05) is 11.6 Å². The molecule has 1 aromatic heterocycles. The molecule has 0 bridgehead atoms. The summed E-state index contributed by atoms with van der Waals surface area (Å²) in [6.07, 6.45) is 1.06. The molecule has 0 radical (unpaired) electrons. The van der Waals surface area contributed by atoms with E-state index in [0.717, 1.165) is 25.2 Å². The largest absolute Gasteiger partial charge is 0.366 e. The van der Waals surface area contributed by atoms with E-state index in [4.69, 9.17) is 11.6 Å². The molecule has 0 aliphatic carbocycles. The second-order valence-corrected chi connectivity index (χ2v) is 5.75. The molecule has 0 saturated heterocycles. The number of fused-ring (bicyclic) bond motifs is 1. The van der Waals surface area contributed by atoms with Crippen LogP contribution in [0.3, 0.4) is 0 Å². The standard InChI is InChI=1S/C14H11ClN2S/c15-12-1-2-13(11(7-12)8-16)17-5-3-14-10(9-17)4-6-18-14/h1-2,4,6-7H,3,5,9H2. The summed E-state index contributed by atoms with van der Waals surface area (Å²) in [6.45, 7) is 1.85. The second kappa shape index (κ2) is 4.64. The lowest BCUT2D eigenvalue weighted by atomic mass is 10.1. The highest BCUT2D eigenvalue weighted by Gasteiger charge is 2.19. The smallest absolute Gasteiger partial charge is 0.101 e. The minimum atomic E-state index is 0.614. The van der Waals surface area contributed by atoms with Gasteiger partial charge in [0.15, 0.2) is 0 Å². The summed E-state index contributed by atoms with van der Waals surface area (Å²) >= 11 is 7.75. The topological polar surface area (TPSA) is 27.0 Å². The van der Waals surface area contributed by atoms with Crippen LogP contribution < -0.4 is 4.90 Å². The number of benzene rings is 1. The maximum atomic E-state index is 9.20. The lowest BCUT2D eigenvalue weighted by Gasteiger charge is -2.29. The van der Waals surface area contributed by atoms with Crippen LogP contribution >= 0.6 is 22.9 Å². The number of thiophene rings is 1. The lowest BCUT2D eigenvalue weighted by Crippen LogP contribution is -2.29. The first-order valence-corrected chi connectivity index (χ1v) is 7.03.